The molecule has 2 N–H and O–H groups in total. The third-order valence-electron chi connectivity index (χ3n) is 1.87. The normalized spacial score (nSPS) is 12.7. The first-order valence-corrected chi connectivity index (χ1v) is 3.92. The van der Waals surface area contributed by atoms with Crippen molar-refractivity contribution in [1.82, 2.24) is 10.2 Å². The molecule has 2 heterocycles. The molecule has 2 rings (SSSR count). The van der Waals surface area contributed by atoms with Crippen LogP contribution in [0.1, 0.15) is 17.2 Å². The van der Waals surface area contributed by atoms with Crippen LogP contribution in [-0.2, 0) is 0 Å². The molecule has 66 valence electrons. The second-order valence-corrected chi connectivity index (χ2v) is 2.71. The van der Waals surface area contributed by atoms with Gasteiger partial charge in [-0.2, -0.15) is 10.2 Å². The van der Waals surface area contributed by atoms with E-state index < -0.39 is 0 Å². The van der Waals surface area contributed by atoms with Crippen molar-refractivity contribution >= 4 is 0 Å². The Bertz CT molecular complexity index is 358. The Labute approximate surface area is 75.4 Å². The molecule has 4 nitrogen and oxygen atoms in total. The summed E-state index contributed by atoms with van der Waals surface area (Å²) in [6, 6.07) is 3.49. The maximum atomic E-state index is 5.93. The van der Waals surface area contributed by atoms with E-state index in [9.17, 15) is 0 Å². The van der Waals surface area contributed by atoms with Crippen LogP contribution in [0.3, 0.4) is 0 Å². The van der Waals surface area contributed by atoms with E-state index in [1.165, 1.54) is 0 Å². The van der Waals surface area contributed by atoms with Gasteiger partial charge in [-0.15, -0.1) is 0 Å². The lowest BCUT2D eigenvalue weighted by atomic mass is 10.1. The molecule has 0 aromatic carbocycles. The van der Waals surface area contributed by atoms with Crippen molar-refractivity contribution in [3.8, 4) is 0 Å². The van der Waals surface area contributed by atoms with Crippen LogP contribution in [0.15, 0.2) is 41.5 Å². The third kappa shape index (κ3) is 1.57. The molecule has 0 radical (unpaired) electrons. The van der Waals surface area contributed by atoms with Crippen LogP contribution in [0.5, 0.6) is 0 Å². The van der Waals surface area contributed by atoms with Crippen LogP contribution < -0.4 is 5.73 Å². The molecule has 4 heteroatoms. The number of hydrogen-bond acceptors (Lipinski definition) is 4. The molecule has 1 unspecified atom stereocenters. The molecule has 0 aliphatic rings. The van der Waals surface area contributed by atoms with Gasteiger partial charge in [-0.3, -0.25) is 0 Å². The Morgan fingerprint density at radius 2 is 2.15 bits per heavy atom. The van der Waals surface area contributed by atoms with Crippen LogP contribution in [0, 0.1) is 0 Å². The largest absolute Gasteiger partial charge is 0.472 e. The van der Waals surface area contributed by atoms with Crippen LogP contribution in [0.2, 0.25) is 0 Å². The second kappa shape index (κ2) is 3.37. The molecule has 0 fully saturated rings. The number of nitrogens with two attached hydrogens (primary N) is 1. The lowest BCUT2D eigenvalue weighted by Gasteiger charge is -2.07. The second-order valence-electron chi connectivity index (χ2n) is 2.71. The van der Waals surface area contributed by atoms with Gasteiger partial charge in [0.05, 0.1) is 24.8 Å². The molecule has 0 bridgehead atoms. The fraction of sp³-hybridized carbons (Fsp3) is 0.111. The molecule has 0 amide bonds. The van der Waals surface area contributed by atoms with Gasteiger partial charge in [-0.1, -0.05) is 0 Å². The summed E-state index contributed by atoms with van der Waals surface area (Å²) >= 11 is 0. The number of rotatable bonds is 2. The van der Waals surface area contributed by atoms with Crippen LogP contribution >= 0.6 is 0 Å². The molecule has 13 heavy (non-hydrogen) atoms. The van der Waals surface area contributed by atoms with Gasteiger partial charge in [0.1, 0.15) is 0 Å². The minimum Gasteiger partial charge on any atom is -0.472 e. The van der Waals surface area contributed by atoms with E-state index in [0.29, 0.717) is 0 Å². The molecule has 2 aromatic rings. The Morgan fingerprint density at radius 3 is 2.77 bits per heavy atom. The lowest BCUT2D eigenvalue weighted by Crippen LogP contribution is -2.11. The van der Waals surface area contributed by atoms with E-state index >= 15 is 0 Å². The highest BCUT2D eigenvalue weighted by Crippen LogP contribution is 2.17. The molecule has 0 spiro atoms. The number of nitrogens with zero attached hydrogens (tertiary/aromatic N) is 2. The Kier molecular flexibility index (Phi) is 2.06. The summed E-state index contributed by atoms with van der Waals surface area (Å²) in [5.74, 6) is 0. The number of hydrogen-bond donors (Lipinski definition) is 1. The zero-order valence-electron chi connectivity index (χ0n) is 6.92. The van der Waals surface area contributed by atoms with Crippen LogP contribution in [0.25, 0.3) is 0 Å². The maximum Gasteiger partial charge on any atom is 0.0953 e. The van der Waals surface area contributed by atoms with E-state index in [-0.39, 0.29) is 6.04 Å². The van der Waals surface area contributed by atoms with Gasteiger partial charge >= 0.3 is 0 Å². The van der Waals surface area contributed by atoms with Crippen molar-refractivity contribution in [3.05, 3.63) is 48.2 Å². The Morgan fingerprint density at radius 1 is 1.23 bits per heavy atom. The minimum absolute atomic E-state index is 0.186. The van der Waals surface area contributed by atoms with Gasteiger partial charge < -0.3 is 10.2 Å². The highest BCUT2D eigenvalue weighted by molar-refractivity contribution is 5.25. The van der Waals surface area contributed by atoms with E-state index in [1.807, 2.05) is 12.1 Å². The molecular formula is C9H9N3O. The zero-order chi connectivity index (χ0) is 9.10. The Balaban J connectivity index is 2.29. The average Bonchev–Trinajstić information content (AvgIpc) is 2.71. The summed E-state index contributed by atoms with van der Waals surface area (Å²) < 4.78 is 4.94. The summed E-state index contributed by atoms with van der Waals surface area (Å²) in [6.07, 6.45) is 6.50. The summed E-state index contributed by atoms with van der Waals surface area (Å²) in [7, 11) is 0. The van der Waals surface area contributed by atoms with Gasteiger partial charge in [0.2, 0.25) is 0 Å². The monoisotopic (exact) mass is 175 g/mol. The van der Waals surface area contributed by atoms with E-state index in [1.54, 1.807) is 24.9 Å². The fourth-order valence-electron chi connectivity index (χ4n) is 1.13. The number of furan rings is 1. The quantitative estimate of drug-likeness (QED) is 0.742. The van der Waals surface area contributed by atoms with Gasteiger partial charge in [-0.05, 0) is 17.7 Å². The fourth-order valence-corrected chi connectivity index (χ4v) is 1.13. The lowest BCUT2D eigenvalue weighted by molar-refractivity contribution is 0.562. The predicted molar refractivity (Wildman–Crippen MR) is 46.8 cm³/mol. The van der Waals surface area contributed by atoms with E-state index in [2.05, 4.69) is 10.2 Å². The zero-order valence-corrected chi connectivity index (χ0v) is 6.92. The standard InChI is InChI=1S/C9H9N3O/c10-9(8-2-4-13-6-8)7-1-3-11-12-5-7/h1-6,9H,10H2. The summed E-state index contributed by atoms with van der Waals surface area (Å²) in [6.45, 7) is 0. The smallest absolute Gasteiger partial charge is 0.0953 e. The van der Waals surface area contributed by atoms with Crippen molar-refractivity contribution in [3.63, 3.8) is 0 Å². The molecule has 0 saturated heterocycles. The molecule has 1 atom stereocenters. The highest BCUT2D eigenvalue weighted by atomic mass is 16.3. The van der Waals surface area contributed by atoms with E-state index in [4.69, 9.17) is 10.2 Å². The van der Waals surface area contributed by atoms with E-state index in [0.717, 1.165) is 11.1 Å². The molecule has 2 aromatic heterocycles. The Hall–Kier alpha value is -1.68. The first-order chi connectivity index (χ1) is 6.38. The van der Waals surface area contributed by atoms with Crippen molar-refractivity contribution in [2.45, 2.75) is 6.04 Å². The minimum atomic E-state index is -0.186. The molecule has 0 aliphatic carbocycles. The summed E-state index contributed by atoms with van der Waals surface area (Å²) in [5, 5.41) is 7.44. The van der Waals surface area contributed by atoms with Gasteiger partial charge in [0, 0.05) is 11.8 Å². The molecular weight excluding hydrogens is 166 g/mol. The van der Waals surface area contributed by atoms with Crippen LogP contribution in [-0.4, -0.2) is 10.2 Å². The van der Waals surface area contributed by atoms with Gasteiger partial charge in [-0.25, -0.2) is 0 Å². The van der Waals surface area contributed by atoms with Gasteiger partial charge in [0.25, 0.3) is 0 Å². The first kappa shape index (κ1) is 7.94. The van der Waals surface area contributed by atoms with Gasteiger partial charge in [0.15, 0.2) is 0 Å². The van der Waals surface area contributed by atoms with Crippen molar-refractivity contribution in [1.29, 1.82) is 0 Å². The van der Waals surface area contributed by atoms with Crippen molar-refractivity contribution < 1.29 is 4.42 Å². The first-order valence-electron chi connectivity index (χ1n) is 3.92. The molecule has 0 saturated carbocycles. The average molecular weight is 175 g/mol. The topological polar surface area (TPSA) is 64.9 Å². The maximum absolute atomic E-state index is 5.93. The van der Waals surface area contributed by atoms with Crippen molar-refractivity contribution in [2.75, 3.05) is 0 Å². The summed E-state index contributed by atoms with van der Waals surface area (Å²) in [5.41, 5.74) is 7.80. The molecule has 0 aliphatic heterocycles. The van der Waals surface area contributed by atoms with Crippen LogP contribution in [0.4, 0.5) is 0 Å². The number of aromatic nitrogens is 2. The van der Waals surface area contributed by atoms with Crippen molar-refractivity contribution in [2.24, 2.45) is 5.73 Å². The SMILES string of the molecule is NC(c1ccnnc1)c1ccoc1. The summed E-state index contributed by atoms with van der Waals surface area (Å²) in [4.78, 5) is 0. The highest BCUT2D eigenvalue weighted by Gasteiger charge is 2.09. The predicted octanol–water partition coefficient (Wildman–Crippen LogP) is 1.12. The third-order valence-corrected chi connectivity index (χ3v) is 1.87.